The molecule has 2 amide bonds. The second-order valence-electron chi connectivity index (χ2n) is 7.54. The second-order valence-corrected chi connectivity index (χ2v) is 7.54. The molecule has 9 nitrogen and oxygen atoms in total. The SMILES string of the molecule is C=CN(N)c1ccc(C(=O)Nc2ccccc2C(=O)Nc2cccc(CCCC(=O)O)c2)cc1.CN. The Labute approximate surface area is 210 Å². The van der Waals surface area contributed by atoms with E-state index < -0.39 is 5.97 Å². The number of carboxylic acids is 1. The highest BCUT2D eigenvalue weighted by molar-refractivity contribution is 6.12. The molecule has 0 unspecified atom stereocenters. The Bertz CT molecular complexity index is 1190. The van der Waals surface area contributed by atoms with Crippen LogP contribution >= 0.6 is 0 Å². The third kappa shape index (κ3) is 8.08. The quantitative estimate of drug-likeness (QED) is 0.213. The molecule has 0 saturated carbocycles. The molecule has 0 aliphatic heterocycles. The van der Waals surface area contributed by atoms with Gasteiger partial charge in [-0.3, -0.25) is 19.4 Å². The summed E-state index contributed by atoms with van der Waals surface area (Å²) in [7, 11) is 1.50. The number of rotatable bonds is 10. The van der Waals surface area contributed by atoms with Crippen molar-refractivity contribution in [2.75, 3.05) is 22.7 Å². The zero-order chi connectivity index (χ0) is 26.5. The number of para-hydroxylation sites is 1. The molecule has 0 fully saturated rings. The smallest absolute Gasteiger partial charge is 0.303 e. The standard InChI is InChI=1S/C26H26N4O4.CH5N/c1-2-30(27)21-15-13-19(14-16-21)25(33)29-23-11-4-3-10-22(23)26(34)28-20-9-5-7-18(17-20)8-6-12-24(31)32;1-2/h2-5,7,9-11,13-17H,1,6,8,12,27H2,(H,28,34)(H,29,33)(H,31,32);2H2,1H3. The molecule has 0 heterocycles. The zero-order valence-corrected chi connectivity index (χ0v) is 20.1. The fraction of sp³-hybridized carbons (Fsp3) is 0.148. The summed E-state index contributed by atoms with van der Waals surface area (Å²) >= 11 is 0. The number of anilines is 3. The van der Waals surface area contributed by atoms with Crippen molar-refractivity contribution >= 4 is 34.8 Å². The van der Waals surface area contributed by atoms with E-state index in [0.717, 1.165) is 5.56 Å². The first-order chi connectivity index (χ1) is 17.4. The number of carboxylic acid groups (broad SMARTS) is 1. The monoisotopic (exact) mass is 489 g/mol. The molecule has 0 aromatic heterocycles. The highest BCUT2D eigenvalue weighted by Gasteiger charge is 2.15. The number of amides is 2. The summed E-state index contributed by atoms with van der Waals surface area (Å²) in [5.74, 6) is 4.17. The normalized spacial score (nSPS) is 9.86. The maximum Gasteiger partial charge on any atom is 0.303 e. The zero-order valence-electron chi connectivity index (χ0n) is 20.1. The molecule has 36 heavy (non-hydrogen) atoms. The molecule has 3 rings (SSSR count). The van der Waals surface area contributed by atoms with Crippen LogP contribution < -0.4 is 27.2 Å². The summed E-state index contributed by atoms with van der Waals surface area (Å²) < 4.78 is 0. The lowest BCUT2D eigenvalue weighted by Gasteiger charge is -2.14. The van der Waals surface area contributed by atoms with Gasteiger partial charge in [0.05, 0.1) is 16.9 Å². The molecule has 0 aliphatic rings. The van der Waals surface area contributed by atoms with Gasteiger partial charge in [0.25, 0.3) is 11.8 Å². The van der Waals surface area contributed by atoms with Crippen LogP contribution in [-0.2, 0) is 11.2 Å². The van der Waals surface area contributed by atoms with Crippen molar-refractivity contribution in [1.29, 1.82) is 0 Å². The van der Waals surface area contributed by atoms with Crippen molar-refractivity contribution in [2.24, 2.45) is 11.6 Å². The van der Waals surface area contributed by atoms with Gasteiger partial charge in [-0.25, -0.2) is 5.84 Å². The summed E-state index contributed by atoms with van der Waals surface area (Å²) in [6.07, 6.45) is 2.65. The molecular weight excluding hydrogens is 458 g/mol. The Hall–Kier alpha value is -4.47. The molecule has 3 aromatic carbocycles. The number of aliphatic carboxylic acids is 1. The van der Waals surface area contributed by atoms with E-state index >= 15 is 0 Å². The van der Waals surface area contributed by atoms with Crippen LogP contribution in [0.1, 0.15) is 39.1 Å². The van der Waals surface area contributed by atoms with Gasteiger partial charge in [0.2, 0.25) is 0 Å². The number of aryl methyl sites for hydroxylation is 1. The van der Waals surface area contributed by atoms with Crippen LogP contribution in [0.5, 0.6) is 0 Å². The summed E-state index contributed by atoms with van der Waals surface area (Å²) in [5.41, 5.74) is 7.78. The van der Waals surface area contributed by atoms with Gasteiger partial charge in [0, 0.05) is 23.9 Å². The van der Waals surface area contributed by atoms with Gasteiger partial charge < -0.3 is 21.5 Å². The molecule has 7 N–H and O–H groups in total. The first kappa shape index (κ1) is 27.8. The number of nitrogens with two attached hydrogens (primary N) is 2. The highest BCUT2D eigenvalue weighted by atomic mass is 16.4. The second kappa shape index (κ2) is 14.1. The third-order valence-electron chi connectivity index (χ3n) is 5.09. The largest absolute Gasteiger partial charge is 0.481 e. The number of hydrogen-bond donors (Lipinski definition) is 5. The van der Waals surface area contributed by atoms with E-state index in [9.17, 15) is 14.4 Å². The maximum atomic E-state index is 13.0. The first-order valence-corrected chi connectivity index (χ1v) is 11.2. The molecule has 0 spiro atoms. The van der Waals surface area contributed by atoms with Crippen LogP contribution in [0.2, 0.25) is 0 Å². The number of nitrogens with zero attached hydrogens (tertiary/aromatic N) is 1. The van der Waals surface area contributed by atoms with Crippen LogP contribution in [-0.4, -0.2) is 29.9 Å². The number of benzene rings is 3. The molecule has 0 bridgehead atoms. The van der Waals surface area contributed by atoms with E-state index in [-0.39, 0.29) is 18.2 Å². The van der Waals surface area contributed by atoms with E-state index in [1.54, 1.807) is 60.7 Å². The molecule has 0 aliphatic carbocycles. The van der Waals surface area contributed by atoms with Crippen molar-refractivity contribution in [2.45, 2.75) is 19.3 Å². The number of carbonyl (C=O) groups excluding carboxylic acids is 2. The molecular formula is C27H31N5O4. The van der Waals surface area contributed by atoms with Crippen molar-refractivity contribution in [3.63, 3.8) is 0 Å². The van der Waals surface area contributed by atoms with Crippen molar-refractivity contribution < 1.29 is 19.5 Å². The van der Waals surface area contributed by atoms with E-state index in [1.165, 1.54) is 18.3 Å². The van der Waals surface area contributed by atoms with E-state index in [4.69, 9.17) is 10.9 Å². The molecule has 9 heteroatoms. The van der Waals surface area contributed by atoms with Gasteiger partial charge in [0.1, 0.15) is 0 Å². The Morgan fingerprint density at radius 1 is 0.944 bits per heavy atom. The minimum atomic E-state index is -0.836. The van der Waals surface area contributed by atoms with Gasteiger partial charge in [-0.15, -0.1) is 0 Å². The summed E-state index contributed by atoms with van der Waals surface area (Å²) in [4.78, 5) is 36.4. The Morgan fingerprint density at radius 3 is 2.31 bits per heavy atom. The molecule has 0 saturated heterocycles. The van der Waals surface area contributed by atoms with Crippen molar-refractivity contribution in [3.8, 4) is 0 Å². The summed E-state index contributed by atoms with van der Waals surface area (Å²) in [6, 6.07) is 20.6. The number of carbonyl (C=O) groups is 3. The Balaban J connectivity index is 0.00000222. The lowest BCUT2D eigenvalue weighted by molar-refractivity contribution is -0.137. The minimum absolute atomic E-state index is 0.0884. The topological polar surface area (TPSA) is 151 Å². The maximum absolute atomic E-state index is 13.0. The first-order valence-electron chi connectivity index (χ1n) is 11.2. The average molecular weight is 490 g/mol. The summed E-state index contributed by atoms with van der Waals surface area (Å²) in [6.45, 7) is 3.59. The highest BCUT2D eigenvalue weighted by Crippen LogP contribution is 2.20. The Kier molecular flexibility index (Phi) is 10.8. The van der Waals surface area contributed by atoms with Gasteiger partial charge in [-0.1, -0.05) is 30.8 Å². The molecule has 0 atom stereocenters. The van der Waals surface area contributed by atoms with Gasteiger partial charge in [0.15, 0.2) is 0 Å². The number of nitrogens with one attached hydrogen (secondary N) is 2. The lowest BCUT2D eigenvalue weighted by atomic mass is 10.1. The summed E-state index contributed by atoms with van der Waals surface area (Å²) in [5, 5.41) is 15.8. The van der Waals surface area contributed by atoms with Crippen LogP contribution in [0, 0.1) is 0 Å². The van der Waals surface area contributed by atoms with Crippen LogP contribution in [0.25, 0.3) is 0 Å². The fourth-order valence-electron chi connectivity index (χ4n) is 3.32. The predicted molar refractivity (Wildman–Crippen MR) is 143 cm³/mol. The molecule has 0 radical (unpaired) electrons. The van der Waals surface area contributed by atoms with Crippen LogP contribution in [0.4, 0.5) is 17.1 Å². The van der Waals surface area contributed by atoms with Gasteiger partial charge >= 0.3 is 5.97 Å². The fourth-order valence-corrected chi connectivity index (χ4v) is 3.32. The molecule has 3 aromatic rings. The van der Waals surface area contributed by atoms with E-state index in [2.05, 4.69) is 22.9 Å². The van der Waals surface area contributed by atoms with Gasteiger partial charge in [-0.05, 0) is 74.0 Å². The minimum Gasteiger partial charge on any atom is -0.481 e. The van der Waals surface area contributed by atoms with E-state index in [0.29, 0.717) is 41.0 Å². The Morgan fingerprint density at radius 2 is 1.64 bits per heavy atom. The molecule has 188 valence electrons. The predicted octanol–water partition coefficient (Wildman–Crippen LogP) is 4.00. The van der Waals surface area contributed by atoms with Crippen LogP contribution in [0.3, 0.4) is 0 Å². The number of hydrazine groups is 1. The number of hydrogen-bond acceptors (Lipinski definition) is 6. The van der Waals surface area contributed by atoms with Crippen LogP contribution in [0.15, 0.2) is 85.6 Å². The van der Waals surface area contributed by atoms with E-state index in [1.807, 2.05) is 12.1 Å². The lowest BCUT2D eigenvalue weighted by Crippen LogP contribution is -2.23. The van der Waals surface area contributed by atoms with Crippen molar-refractivity contribution in [1.82, 2.24) is 0 Å². The average Bonchev–Trinajstić information content (AvgIpc) is 2.89. The third-order valence-corrected chi connectivity index (χ3v) is 5.09. The van der Waals surface area contributed by atoms with Gasteiger partial charge in [-0.2, -0.15) is 0 Å². The van der Waals surface area contributed by atoms with Crippen molar-refractivity contribution in [3.05, 3.63) is 102 Å².